The maximum Gasteiger partial charge on any atom is 0.253 e. The summed E-state index contributed by atoms with van der Waals surface area (Å²) >= 11 is 0. The summed E-state index contributed by atoms with van der Waals surface area (Å²) in [5, 5.41) is 7.50. The van der Waals surface area contributed by atoms with Gasteiger partial charge in [-0.25, -0.2) is 4.68 Å². The van der Waals surface area contributed by atoms with Gasteiger partial charge in [0.05, 0.1) is 18.5 Å². The summed E-state index contributed by atoms with van der Waals surface area (Å²) in [5.74, 6) is 0.671. The van der Waals surface area contributed by atoms with Crippen molar-refractivity contribution in [2.45, 2.75) is 47.1 Å². The van der Waals surface area contributed by atoms with E-state index >= 15 is 0 Å². The van der Waals surface area contributed by atoms with Crippen molar-refractivity contribution in [3.05, 3.63) is 74.5 Å². The van der Waals surface area contributed by atoms with E-state index in [0.717, 1.165) is 39.6 Å². The van der Waals surface area contributed by atoms with E-state index in [9.17, 15) is 9.59 Å². The van der Waals surface area contributed by atoms with Gasteiger partial charge in [-0.15, -0.1) is 0 Å². The van der Waals surface area contributed by atoms with Gasteiger partial charge in [0.1, 0.15) is 5.75 Å². The zero-order chi connectivity index (χ0) is 21.8. The van der Waals surface area contributed by atoms with Crippen LogP contribution in [0.1, 0.15) is 40.2 Å². The minimum absolute atomic E-state index is 0.0951. The molecule has 0 saturated heterocycles. The molecule has 0 unspecified atom stereocenters. The number of ether oxygens (including phenoxy) is 1. The number of hydrogen-bond donors (Lipinski definition) is 2. The number of amides is 1. The first-order chi connectivity index (χ1) is 14.3. The fraction of sp³-hybridized carbons (Fsp3) is 0.348. The van der Waals surface area contributed by atoms with Crippen LogP contribution in [0.2, 0.25) is 0 Å². The predicted molar refractivity (Wildman–Crippen MR) is 116 cm³/mol. The fourth-order valence-corrected chi connectivity index (χ4v) is 3.65. The summed E-state index contributed by atoms with van der Waals surface area (Å²) in [4.78, 5) is 27.3. The van der Waals surface area contributed by atoms with Gasteiger partial charge in [0.15, 0.2) is 0 Å². The van der Waals surface area contributed by atoms with Gasteiger partial charge in [-0.05, 0) is 63.4 Å². The van der Waals surface area contributed by atoms with E-state index in [4.69, 9.17) is 4.74 Å². The molecule has 1 aromatic carbocycles. The number of rotatable bonds is 7. The van der Waals surface area contributed by atoms with Crippen molar-refractivity contribution >= 4 is 5.91 Å². The van der Waals surface area contributed by atoms with E-state index in [1.165, 1.54) is 0 Å². The molecule has 2 heterocycles. The van der Waals surface area contributed by atoms with Crippen molar-refractivity contribution in [2.24, 2.45) is 0 Å². The summed E-state index contributed by atoms with van der Waals surface area (Å²) in [6.07, 6.45) is 0.908. The number of aromatic nitrogens is 3. The van der Waals surface area contributed by atoms with Crippen LogP contribution in [0.3, 0.4) is 0 Å². The molecular formula is C23H28N4O3. The van der Waals surface area contributed by atoms with Crippen LogP contribution in [0.15, 0.2) is 35.1 Å². The molecule has 2 aromatic heterocycles. The first-order valence-electron chi connectivity index (χ1n) is 9.95. The second kappa shape index (κ2) is 8.98. The van der Waals surface area contributed by atoms with E-state index in [2.05, 4.69) is 15.4 Å². The monoisotopic (exact) mass is 408 g/mol. The largest absolute Gasteiger partial charge is 0.497 e. The van der Waals surface area contributed by atoms with Crippen LogP contribution in [0.25, 0.3) is 5.69 Å². The zero-order valence-electron chi connectivity index (χ0n) is 18.1. The van der Waals surface area contributed by atoms with Crippen LogP contribution in [0.5, 0.6) is 5.75 Å². The number of aryl methyl sites for hydroxylation is 3. The molecule has 3 rings (SSSR count). The van der Waals surface area contributed by atoms with Gasteiger partial charge in [-0.1, -0.05) is 6.07 Å². The average molecular weight is 409 g/mol. The van der Waals surface area contributed by atoms with Gasteiger partial charge in [0.2, 0.25) is 5.91 Å². The van der Waals surface area contributed by atoms with Gasteiger partial charge in [0.25, 0.3) is 5.56 Å². The number of pyridine rings is 1. The molecule has 0 fully saturated rings. The number of hydrogen-bond acceptors (Lipinski definition) is 4. The van der Waals surface area contributed by atoms with Crippen molar-refractivity contribution in [2.75, 3.05) is 7.11 Å². The smallest absolute Gasteiger partial charge is 0.253 e. The Morgan fingerprint density at radius 1 is 1.17 bits per heavy atom. The molecule has 2 N–H and O–H groups in total. The van der Waals surface area contributed by atoms with Gasteiger partial charge >= 0.3 is 0 Å². The number of nitrogens with one attached hydrogen (secondary N) is 2. The molecule has 0 aliphatic rings. The predicted octanol–water partition coefficient (Wildman–Crippen LogP) is 3.05. The maximum atomic E-state index is 12.4. The lowest BCUT2D eigenvalue weighted by Gasteiger charge is -2.09. The second-order valence-corrected chi connectivity index (χ2v) is 7.48. The van der Waals surface area contributed by atoms with E-state index in [-0.39, 0.29) is 18.0 Å². The van der Waals surface area contributed by atoms with Crippen LogP contribution >= 0.6 is 0 Å². The SMILES string of the molecule is COc1cccc(-n2nc(C)c(CCC(=O)NCc3c(C)cc(C)[nH]c3=O)c2C)c1. The molecule has 7 heteroatoms. The highest BCUT2D eigenvalue weighted by Gasteiger charge is 2.15. The topological polar surface area (TPSA) is 89.0 Å². The van der Waals surface area contributed by atoms with E-state index in [0.29, 0.717) is 18.4 Å². The van der Waals surface area contributed by atoms with Crippen LogP contribution in [-0.2, 0) is 17.8 Å². The molecule has 0 aliphatic heterocycles. The molecule has 3 aromatic rings. The van der Waals surface area contributed by atoms with E-state index < -0.39 is 0 Å². The third-order valence-electron chi connectivity index (χ3n) is 5.30. The summed E-state index contributed by atoms with van der Waals surface area (Å²) < 4.78 is 7.18. The average Bonchev–Trinajstić information content (AvgIpc) is 2.99. The Morgan fingerprint density at radius 2 is 1.93 bits per heavy atom. The Morgan fingerprint density at radius 3 is 2.63 bits per heavy atom. The third-order valence-corrected chi connectivity index (χ3v) is 5.30. The molecule has 0 spiro atoms. The zero-order valence-corrected chi connectivity index (χ0v) is 18.1. The maximum absolute atomic E-state index is 12.4. The molecular weight excluding hydrogens is 380 g/mol. The molecule has 0 saturated carbocycles. The number of nitrogens with zero attached hydrogens (tertiary/aromatic N) is 2. The first-order valence-corrected chi connectivity index (χ1v) is 9.95. The van der Waals surface area contributed by atoms with Gasteiger partial charge in [0, 0.05) is 36.0 Å². The van der Waals surface area contributed by atoms with Gasteiger partial charge in [-0.3, -0.25) is 9.59 Å². The van der Waals surface area contributed by atoms with Crippen molar-refractivity contribution in [1.82, 2.24) is 20.1 Å². The lowest BCUT2D eigenvalue weighted by Crippen LogP contribution is -2.28. The Balaban J connectivity index is 1.67. The van der Waals surface area contributed by atoms with E-state index in [1.807, 2.05) is 62.7 Å². The first kappa shape index (κ1) is 21.4. The number of H-pyrrole nitrogens is 1. The Bertz CT molecular complexity index is 1130. The Kier molecular flexibility index (Phi) is 6.40. The Hall–Kier alpha value is -3.35. The molecule has 0 radical (unpaired) electrons. The molecule has 1 amide bonds. The number of carbonyl (C=O) groups is 1. The standard InChI is InChI=1S/C23H28N4O3/c1-14-11-15(2)25-23(29)21(14)13-24-22(28)10-9-20-16(3)26-27(17(20)4)18-7-6-8-19(12-18)30-5/h6-8,11-12H,9-10,13H2,1-5H3,(H,24,28)(H,25,29). The van der Waals surface area contributed by atoms with Crippen molar-refractivity contribution in [3.63, 3.8) is 0 Å². The second-order valence-electron chi connectivity index (χ2n) is 7.48. The van der Waals surface area contributed by atoms with Crippen LogP contribution < -0.4 is 15.6 Å². The highest BCUT2D eigenvalue weighted by molar-refractivity contribution is 5.76. The summed E-state index contributed by atoms with van der Waals surface area (Å²) in [7, 11) is 1.64. The summed E-state index contributed by atoms with van der Waals surface area (Å²) in [5.41, 5.74) is 5.99. The highest BCUT2D eigenvalue weighted by atomic mass is 16.5. The molecule has 0 aliphatic carbocycles. The number of benzene rings is 1. The molecule has 158 valence electrons. The number of methoxy groups -OCH3 is 1. The van der Waals surface area contributed by atoms with E-state index in [1.54, 1.807) is 7.11 Å². The third kappa shape index (κ3) is 4.62. The van der Waals surface area contributed by atoms with Crippen LogP contribution in [-0.4, -0.2) is 27.8 Å². The van der Waals surface area contributed by atoms with Gasteiger partial charge < -0.3 is 15.0 Å². The molecule has 0 bridgehead atoms. The molecule has 7 nitrogen and oxygen atoms in total. The lowest BCUT2D eigenvalue weighted by atomic mass is 10.1. The number of aromatic amines is 1. The molecule has 30 heavy (non-hydrogen) atoms. The number of carbonyl (C=O) groups excluding carboxylic acids is 1. The summed E-state index contributed by atoms with van der Waals surface area (Å²) in [6.45, 7) is 7.89. The van der Waals surface area contributed by atoms with Gasteiger partial charge in [-0.2, -0.15) is 5.10 Å². The van der Waals surface area contributed by atoms with Crippen molar-refractivity contribution in [1.29, 1.82) is 0 Å². The van der Waals surface area contributed by atoms with Crippen LogP contribution in [0, 0.1) is 27.7 Å². The fourth-order valence-electron chi connectivity index (χ4n) is 3.65. The van der Waals surface area contributed by atoms with Crippen LogP contribution in [0.4, 0.5) is 0 Å². The Labute approximate surface area is 176 Å². The molecule has 0 atom stereocenters. The summed E-state index contributed by atoms with van der Waals surface area (Å²) in [6, 6.07) is 9.62. The van der Waals surface area contributed by atoms with Crippen molar-refractivity contribution < 1.29 is 9.53 Å². The minimum Gasteiger partial charge on any atom is -0.497 e. The normalized spacial score (nSPS) is 10.8. The highest BCUT2D eigenvalue weighted by Crippen LogP contribution is 2.22. The minimum atomic E-state index is -0.154. The van der Waals surface area contributed by atoms with Crippen molar-refractivity contribution in [3.8, 4) is 11.4 Å². The quantitative estimate of drug-likeness (QED) is 0.629. The lowest BCUT2D eigenvalue weighted by molar-refractivity contribution is -0.121.